The molecule has 13 heteroatoms. The number of anilines is 2. The van der Waals surface area contributed by atoms with Crippen LogP contribution in [-0.2, 0) is 19.6 Å². The zero-order valence-electron chi connectivity index (χ0n) is 16.6. The molecule has 0 radical (unpaired) electrons. The number of benzene rings is 2. The number of carbonyl (C=O) groups is 2. The first-order valence-corrected chi connectivity index (χ1v) is 11.0. The summed E-state index contributed by atoms with van der Waals surface area (Å²) in [5.74, 6) is -1.66. The van der Waals surface area contributed by atoms with Crippen LogP contribution in [0.4, 0.5) is 17.1 Å². The number of carbonyl (C=O) groups excluding carboxylic acids is 2. The molecule has 0 aliphatic carbocycles. The van der Waals surface area contributed by atoms with Crippen molar-refractivity contribution in [3.8, 4) is 0 Å². The normalized spacial score (nSPS) is 10.8. The van der Waals surface area contributed by atoms with Gasteiger partial charge in [0, 0.05) is 18.3 Å². The maximum Gasteiger partial charge on any atom is 0.340 e. The minimum atomic E-state index is -4.27. The Labute approximate surface area is 192 Å². The van der Waals surface area contributed by atoms with Crippen LogP contribution in [0, 0.1) is 10.1 Å². The summed E-state index contributed by atoms with van der Waals surface area (Å²) in [5.41, 5.74) is -0.487. The Hall–Kier alpha value is -4.03. The molecular formula is C20H15ClN4O7S. The van der Waals surface area contributed by atoms with Gasteiger partial charge in [0.25, 0.3) is 21.6 Å². The number of halogens is 1. The summed E-state index contributed by atoms with van der Waals surface area (Å²) in [6.07, 6.45) is 1.43. The highest BCUT2D eigenvalue weighted by molar-refractivity contribution is 7.92. The zero-order chi connectivity index (χ0) is 24.0. The first-order chi connectivity index (χ1) is 15.7. The lowest BCUT2D eigenvalue weighted by Gasteiger charge is -2.12. The largest absolute Gasteiger partial charge is 0.452 e. The third-order valence-electron chi connectivity index (χ3n) is 4.10. The van der Waals surface area contributed by atoms with Crippen LogP contribution < -0.4 is 10.0 Å². The first kappa shape index (κ1) is 23.6. The Kier molecular flexibility index (Phi) is 7.20. The van der Waals surface area contributed by atoms with Crippen molar-refractivity contribution in [1.82, 2.24) is 4.98 Å². The number of rotatable bonds is 8. The molecule has 0 spiro atoms. The van der Waals surface area contributed by atoms with E-state index in [4.69, 9.17) is 16.3 Å². The number of hydrogen-bond acceptors (Lipinski definition) is 8. The van der Waals surface area contributed by atoms with Crippen LogP contribution in [0.15, 0.2) is 71.8 Å². The van der Waals surface area contributed by atoms with Gasteiger partial charge in [0.15, 0.2) is 11.8 Å². The van der Waals surface area contributed by atoms with Crippen molar-refractivity contribution in [2.24, 2.45) is 0 Å². The number of sulfonamides is 1. The minimum absolute atomic E-state index is 0.0538. The molecule has 1 aromatic heterocycles. The molecule has 2 aromatic carbocycles. The molecule has 0 saturated heterocycles. The molecule has 3 rings (SSSR count). The number of hydrogen-bond donors (Lipinski definition) is 2. The molecule has 0 unspecified atom stereocenters. The van der Waals surface area contributed by atoms with Gasteiger partial charge in [-0.05, 0) is 30.3 Å². The van der Waals surface area contributed by atoms with E-state index in [1.165, 1.54) is 48.7 Å². The number of esters is 1. The third kappa shape index (κ3) is 6.02. The fourth-order valence-corrected chi connectivity index (χ4v) is 3.88. The number of pyridine rings is 1. The van der Waals surface area contributed by atoms with E-state index < -0.39 is 39.1 Å². The van der Waals surface area contributed by atoms with Gasteiger partial charge in [0.05, 0.1) is 26.8 Å². The van der Waals surface area contributed by atoms with E-state index in [9.17, 15) is 28.1 Å². The highest BCUT2D eigenvalue weighted by Crippen LogP contribution is 2.23. The number of amides is 1. The molecule has 1 heterocycles. The molecule has 0 aliphatic rings. The summed E-state index contributed by atoms with van der Waals surface area (Å²) >= 11 is 5.85. The number of aromatic nitrogens is 1. The van der Waals surface area contributed by atoms with Crippen molar-refractivity contribution in [2.75, 3.05) is 16.6 Å². The van der Waals surface area contributed by atoms with E-state index >= 15 is 0 Å². The van der Waals surface area contributed by atoms with Crippen LogP contribution in [0.2, 0.25) is 5.15 Å². The topological polar surface area (TPSA) is 158 Å². The lowest BCUT2D eigenvalue weighted by Crippen LogP contribution is -2.22. The number of ether oxygens (including phenoxy) is 1. The maximum absolute atomic E-state index is 12.7. The molecule has 0 bridgehead atoms. The van der Waals surface area contributed by atoms with Crippen LogP contribution in [-0.4, -0.2) is 36.8 Å². The number of nitrogens with one attached hydrogen (secondary N) is 2. The van der Waals surface area contributed by atoms with E-state index in [2.05, 4.69) is 15.0 Å². The molecule has 0 aliphatic heterocycles. The lowest BCUT2D eigenvalue weighted by atomic mass is 10.2. The van der Waals surface area contributed by atoms with Gasteiger partial charge in [-0.15, -0.1) is 0 Å². The number of nitro groups is 1. The van der Waals surface area contributed by atoms with Crippen molar-refractivity contribution in [3.63, 3.8) is 0 Å². The predicted molar refractivity (Wildman–Crippen MR) is 119 cm³/mol. The fraction of sp³-hybridized carbons (Fsp3) is 0.0500. The van der Waals surface area contributed by atoms with E-state index in [0.717, 1.165) is 12.1 Å². The second kappa shape index (κ2) is 10.1. The summed E-state index contributed by atoms with van der Waals surface area (Å²) in [6.45, 7) is -0.671. The highest BCUT2D eigenvalue weighted by Gasteiger charge is 2.22. The summed E-state index contributed by atoms with van der Waals surface area (Å²) < 4.78 is 32.6. The second-order valence-electron chi connectivity index (χ2n) is 6.37. The van der Waals surface area contributed by atoms with Crippen molar-refractivity contribution in [1.29, 1.82) is 0 Å². The average Bonchev–Trinajstić information content (AvgIpc) is 2.79. The Morgan fingerprint density at radius 1 is 1.06 bits per heavy atom. The number of nitro benzene ring substituents is 1. The van der Waals surface area contributed by atoms with Crippen LogP contribution in [0.1, 0.15) is 10.4 Å². The third-order valence-corrected chi connectivity index (χ3v) is 5.76. The van der Waals surface area contributed by atoms with Gasteiger partial charge in [0.1, 0.15) is 0 Å². The van der Waals surface area contributed by atoms with Gasteiger partial charge in [-0.25, -0.2) is 18.2 Å². The molecule has 0 saturated carbocycles. The Balaban J connectivity index is 1.72. The first-order valence-electron chi connectivity index (χ1n) is 9.11. The molecular weight excluding hydrogens is 476 g/mol. The fourth-order valence-electron chi connectivity index (χ4n) is 2.59. The molecule has 1 amide bonds. The molecule has 11 nitrogen and oxygen atoms in total. The van der Waals surface area contributed by atoms with Crippen molar-refractivity contribution >= 4 is 50.6 Å². The molecule has 0 fully saturated rings. The molecule has 170 valence electrons. The van der Waals surface area contributed by atoms with Crippen LogP contribution in [0.25, 0.3) is 0 Å². The quantitative estimate of drug-likeness (QED) is 0.211. The van der Waals surface area contributed by atoms with Gasteiger partial charge in [-0.2, -0.15) is 0 Å². The zero-order valence-corrected chi connectivity index (χ0v) is 18.2. The smallest absolute Gasteiger partial charge is 0.340 e. The van der Waals surface area contributed by atoms with Crippen LogP contribution in [0.5, 0.6) is 0 Å². The van der Waals surface area contributed by atoms with Gasteiger partial charge >= 0.3 is 5.97 Å². The lowest BCUT2D eigenvalue weighted by molar-refractivity contribution is -0.385. The SMILES string of the molecule is O=C(COC(=O)c1ccccc1NS(=O)(=O)c1cccc([N+](=O)[O-])c1)Nc1cccnc1Cl. The number of para-hydroxylation sites is 1. The van der Waals surface area contributed by atoms with E-state index in [0.29, 0.717) is 0 Å². The van der Waals surface area contributed by atoms with Crippen molar-refractivity contribution < 1.29 is 27.7 Å². The number of nitrogens with zero attached hydrogens (tertiary/aromatic N) is 2. The number of non-ortho nitro benzene ring substituents is 1. The molecule has 33 heavy (non-hydrogen) atoms. The van der Waals surface area contributed by atoms with Crippen molar-refractivity contribution in [3.05, 3.63) is 87.7 Å². The van der Waals surface area contributed by atoms with Gasteiger partial charge in [0.2, 0.25) is 0 Å². The van der Waals surface area contributed by atoms with E-state index in [1.54, 1.807) is 6.07 Å². The maximum atomic E-state index is 12.7. The molecule has 0 atom stereocenters. The Morgan fingerprint density at radius 2 is 1.79 bits per heavy atom. The van der Waals surface area contributed by atoms with Gasteiger partial charge in [-0.3, -0.25) is 19.6 Å². The predicted octanol–water partition coefficient (Wildman–Crippen LogP) is 3.24. The molecule has 2 N–H and O–H groups in total. The highest BCUT2D eigenvalue weighted by atomic mass is 35.5. The Bertz CT molecular complexity index is 1330. The second-order valence-corrected chi connectivity index (χ2v) is 8.41. The Morgan fingerprint density at radius 3 is 2.52 bits per heavy atom. The molecule has 3 aromatic rings. The summed E-state index contributed by atoms with van der Waals surface area (Å²) in [4.78, 5) is 38.2. The summed E-state index contributed by atoms with van der Waals surface area (Å²) in [5, 5.41) is 13.4. The van der Waals surface area contributed by atoms with Gasteiger partial charge in [-0.1, -0.05) is 29.8 Å². The summed E-state index contributed by atoms with van der Waals surface area (Å²) in [7, 11) is -4.27. The van der Waals surface area contributed by atoms with Crippen LogP contribution >= 0.6 is 11.6 Å². The van der Waals surface area contributed by atoms with Crippen LogP contribution in [0.3, 0.4) is 0 Å². The van der Waals surface area contributed by atoms with Crippen molar-refractivity contribution in [2.45, 2.75) is 4.90 Å². The van der Waals surface area contributed by atoms with Gasteiger partial charge < -0.3 is 10.1 Å². The average molecular weight is 491 g/mol. The van der Waals surface area contributed by atoms with E-state index in [1.807, 2.05) is 0 Å². The monoisotopic (exact) mass is 490 g/mol. The summed E-state index contributed by atoms with van der Waals surface area (Å²) in [6, 6.07) is 13.0. The van der Waals surface area contributed by atoms with E-state index in [-0.39, 0.29) is 27.0 Å². The minimum Gasteiger partial charge on any atom is -0.452 e. The standard InChI is InChI=1S/C20H15ClN4O7S/c21-19-17(9-4-10-22-19)23-18(26)12-32-20(27)15-7-1-2-8-16(15)24-33(30,31)14-6-3-5-13(11-14)25(28)29/h1-11,24H,12H2,(H,23,26).